The summed E-state index contributed by atoms with van der Waals surface area (Å²) < 4.78 is 5.22. The average Bonchev–Trinajstić information content (AvgIpc) is 2.62. The zero-order valence-corrected chi connectivity index (χ0v) is 9.11. The molecule has 0 aromatic carbocycles. The highest BCUT2D eigenvalue weighted by atomic mass is 16.5. The van der Waals surface area contributed by atoms with Crippen molar-refractivity contribution in [3.05, 3.63) is 0 Å². The third-order valence-electron chi connectivity index (χ3n) is 3.60. The molecule has 0 aromatic heterocycles. The topological polar surface area (TPSA) is 61.7 Å². The van der Waals surface area contributed by atoms with Gasteiger partial charge in [0.05, 0.1) is 11.7 Å². The number of nitrogens with one attached hydrogen (secondary N) is 1. The van der Waals surface area contributed by atoms with E-state index in [-0.39, 0.29) is 12.1 Å². The Hall–Kier alpha value is -0.160. The minimum atomic E-state index is -0.624. The number of aliphatic hydroxyl groups is 2. The lowest BCUT2D eigenvalue weighted by Gasteiger charge is -2.33. The van der Waals surface area contributed by atoms with Crippen LogP contribution < -0.4 is 5.32 Å². The first-order chi connectivity index (χ1) is 7.20. The van der Waals surface area contributed by atoms with E-state index in [2.05, 4.69) is 5.32 Å². The molecule has 2 unspecified atom stereocenters. The van der Waals surface area contributed by atoms with Crippen molar-refractivity contribution < 1.29 is 14.9 Å². The first-order valence-corrected chi connectivity index (χ1v) is 5.91. The predicted octanol–water partition coefficient (Wildman–Crippen LogP) is 0.0309. The average molecular weight is 215 g/mol. The van der Waals surface area contributed by atoms with E-state index in [1.54, 1.807) is 0 Å². The van der Waals surface area contributed by atoms with E-state index >= 15 is 0 Å². The monoisotopic (exact) mass is 215 g/mol. The van der Waals surface area contributed by atoms with Crippen LogP contribution >= 0.6 is 0 Å². The fourth-order valence-corrected chi connectivity index (χ4v) is 2.43. The third-order valence-corrected chi connectivity index (χ3v) is 3.60. The fraction of sp³-hybridized carbons (Fsp3) is 1.00. The van der Waals surface area contributed by atoms with Gasteiger partial charge in [-0.25, -0.2) is 0 Å². The quantitative estimate of drug-likeness (QED) is 0.621. The molecule has 0 radical (unpaired) electrons. The van der Waals surface area contributed by atoms with Crippen LogP contribution in [0.2, 0.25) is 0 Å². The predicted molar refractivity (Wildman–Crippen MR) is 56.7 cm³/mol. The molecule has 2 rings (SSSR count). The van der Waals surface area contributed by atoms with Gasteiger partial charge in [0.15, 0.2) is 0 Å². The zero-order chi connectivity index (χ0) is 10.7. The number of hydrogen-bond acceptors (Lipinski definition) is 4. The first kappa shape index (κ1) is 11.3. The number of ether oxygens (including phenoxy) is 1. The molecular weight excluding hydrogens is 194 g/mol. The van der Waals surface area contributed by atoms with E-state index in [1.807, 2.05) is 0 Å². The molecule has 4 heteroatoms. The summed E-state index contributed by atoms with van der Waals surface area (Å²) in [4.78, 5) is 0. The second-order valence-corrected chi connectivity index (χ2v) is 4.82. The summed E-state index contributed by atoms with van der Waals surface area (Å²) in [6.45, 7) is 1.87. The maximum atomic E-state index is 10.2. The summed E-state index contributed by atoms with van der Waals surface area (Å²) in [5, 5.41) is 23.1. The van der Waals surface area contributed by atoms with E-state index in [0.717, 1.165) is 19.3 Å². The summed E-state index contributed by atoms with van der Waals surface area (Å²) in [7, 11) is 0. The van der Waals surface area contributed by atoms with E-state index in [0.29, 0.717) is 32.6 Å². The van der Waals surface area contributed by atoms with Gasteiger partial charge in [0.1, 0.15) is 0 Å². The number of aliphatic hydroxyl groups excluding tert-OH is 1. The molecule has 4 nitrogen and oxygen atoms in total. The molecule has 1 aliphatic carbocycles. The maximum absolute atomic E-state index is 10.2. The second-order valence-electron chi connectivity index (χ2n) is 4.82. The minimum Gasteiger partial charge on any atom is -0.392 e. The molecule has 1 heterocycles. The molecule has 0 bridgehead atoms. The Morgan fingerprint density at radius 1 is 1.27 bits per heavy atom. The molecule has 1 saturated carbocycles. The second kappa shape index (κ2) is 4.78. The molecular formula is C11H21NO3. The van der Waals surface area contributed by atoms with Crippen molar-refractivity contribution in [3.8, 4) is 0 Å². The Kier molecular flexibility index (Phi) is 3.61. The molecule has 0 amide bonds. The Balaban J connectivity index is 1.76. The standard InChI is InChI=1S/C11H21NO3/c13-10-3-1-2-9(10)12-8-11(14)4-6-15-7-5-11/h9-10,12-14H,1-8H2. The van der Waals surface area contributed by atoms with Gasteiger partial charge in [0.25, 0.3) is 0 Å². The van der Waals surface area contributed by atoms with Crippen molar-refractivity contribution in [1.82, 2.24) is 5.32 Å². The van der Waals surface area contributed by atoms with Crippen molar-refractivity contribution in [2.75, 3.05) is 19.8 Å². The molecule has 15 heavy (non-hydrogen) atoms. The Bertz CT molecular complexity index is 204. The highest BCUT2D eigenvalue weighted by Crippen LogP contribution is 2.22. The van der Waals surface area contributed by atoms with Crippen molar-refractivity contribution in [3.63, 3.8) is 0 Å². The molecule has 2 aliphatic rings. The van der Waals surface area contributed by atoms with E-state index < -0.39 is 5.60 Å². The molecule has 0 aromatic rings. The highest BCUT2D eigenvalue weighted by molar-refractivity contribution is 4.89. The largest absolute Gasteiger partial charge is 0.392 e. The van der Waals surface area contributed by atoms with Gasteiger partial charge in [-0.2, -0.15) is 0 Å². The summed E-state index contributed by atoms with van der Waals surface area (Å²) in [5.74, 6) is 0. The van der Waals surface area contributed by atoms with Crippen molar-refractivity contribution in [2.24, 2.45) is 0 Å². The van der Waals surface area contributed by atoms with E-state index in [9.17, 15) is 10.2 Å². The van der Waals surface area contributed by atoms with Gasteiger partial charge in [-0.3, -0.25) is 0 Å². The van der Waals surface area contributed by atoms with Gasteiger partial charge in [-0.05, 0) is 19.3 Å². The summed E-state index contributed by atoms with van der Waals surface area (Å²) in [6, 6.07) is 0.178. The fourth-order valence-electron chi connectivity index (χ4n) is 2.43. The van der Waals surface area contributed by atoms with Crippen LogP contribution in [0.3, 0.4) is 0 Å². The summed E-state index contributed by atoms with van der Waals surface area (Å²) >= 11 is 0. The Labute approximate surface area is 90.6 Å². The molecule has 1 aliphatic heterocycles. The van der Waals surface area contributed by atoms with Gasteiger partial charge < -0.3 is 20.3 Å². The van der Waals surface area contributed by atoms with Crippen LogP contribution in [0.1, 0.15) is 32.1 Å². The van der Waals surface area contributed by atoms with Gasteiger partial charge in [-0.1, -0.05) is 0 Å². The normalized spacial score (nSPS) is 35.6. The van der Waals surface area contributed by atoms with E-state index in [1.165, 1.54) is 0 Å². The van der Waals surface area contributed by atoms with Crippen molar-refractivity contribution >= 4 is 0 Å². The molecule has 2 fully saturated rings. The maximum Gasteiger partial charge on any atom is 0.0815 e. The van der Waals surface area contributed by atoms with Crippen molar-refractivity contribution in [1.29, 1.82) is 0 Å². The van der Waals surface area contributed by atoms with Crippen LogP contribution in [0, 0.1) is 0 Å². The molecule has 0 spiro atoms. The van der Waals surface area contributed by atoms with Crippen LogP contribution in [-0.2, 0) is 4.74 Å². The van der Waals surface area contributed by atoms with Crippen LogP contribution in [0.25, 0.3) is 0 Å². The van der Waals surface area contributed by atoms with Gasteiger partial charge in [0.2, 0.25) is 0 Å². The van der Waals surface area contributed by atoms with E-state index in [4.69, 9.17) is 4.74 Å². The van der Waals surface area contributed by atoms with Crippen LogP contribution in [0.4, 0.5) is 0 Å². The van der Waals surface area contributed by atoms with Gasteiger partial charge in [-0.15, -0.1) is 0 Å². The van der Waals surface area contributed by atoms with Crippen LogP contribution in [0.5, 0.6) is 0 Å². The van der Waals surface area contributed by atoms with Crippen LogP contribution in [-0.4, -0.2) is 47.7 Å². The minimum absolute atomic E-state index is 0.178. The summed E-state index contributed by atoms with van der Waals surface area (Å²) in [5.41, 5.74) is -0.624. The molecule has 1 saturated heterocycles. The highest BCUT2D eigenvalue weighted by Gasteiger charge is 2.32. The lowest BCUT2D eigenvalue weighted by atomic mass is 9.94. The molecule has 88 valence electrons. The number of hydrogen-bond donors (Lipinski definition) is 3. The SMILES string of the molecule is OC1CCCC1NCC1(O)CCOCC1. The Morgan fingerprint density at radius 2 is 2.00 bits per heavy atom. The van der Waals surface area contributed by atoms with Crippen LogP contribution in [0.15, 0.2) is 0 Å². The zero-order valence-electron chi connectivity index (χ0n) is 9.11. The Morgan fingerprint density at radius 3 is 2.60 bits per heavy atom. The molecule has 2 atom stereocenters. The van der Waals surface area contributed by atoms with Gasteiger partial charge >= 0.3 is 0 Å². The third kappa shape index (κ3) is 2.91. The summed E-state index contributed by atoms with van der Waals surface area (Å²) in [6.07, 6.45) is 4.16. The van der Waals surface area contributed by atoms with Gasteiger partial charge in [0, 0.05) is 38.6 Å². The lowest BCUT2D eigenvalue weighted by Crippen LogP contribution is -2.49. The number of rotatable bonds is 3. The lowest BCUT2D eigenvalue weighted by molar-refractivity contribution is -0.0640. The first-order valence-electron chi connectivity index (χ1n) is 5.91. The molecule has 3 N–H and O–H groups in total. The van der Waals surface area contributed by atoms with Crippen molar-refractivity contribution in [2.45, 2.75) is 49.9 Å². The smallest absolute Gasteiger partial charge is 0.0815 e.